The SMILES string of the molecule is Cc1cc(C)cc(-c2ccc(C#N)cn2)c1. The van der Waals surface area contributed by atoms with Crippen molar-refractivity contribution in [1.29, 1.82) is 5.26 Å². The van der Waals surface area contributed by atoms with E-state index in [-0.39, 0.29) is 0 Å². The summed E-state index contributed by atoms with van der Waals surface area (Å²) in [4.78, 5) is 4.28. The minimum atomic E-state index is 0.591. The van der Waals surface area contributed by atoms with E-state index in [0.717, 1.165) is 11.3 Å². The molecule has 1 aromatic carbocycles. The van der Waals surface area contributed by atoms with E-state index in [4.69, 9.17) is 5.26 Å². The van der Waals surface area contributed by atoms with Crippen LogP contribution in [0, 0.1) is 25.2 Å². The summed E-state index contributed by atoms with van der Waals surface area (Å²) < 4.78 is 0. The average molecular weight is 208 g/mol. The molecule has 0 saturated heterocycles. The van der Waals surface area contributed by atoms with Crippen LogP contribution in [0.4, 0.5) is 0 Å². The van der Waals surface area contributed by atoms with Crippen LogP contribution in [0.5, 0.6) is 0 Å². The van der Waals surface area contributed by atoms with E-state index < -0.39 is 0 Å². The zero-order valence-corrected chi connectivity index (χ0v) is 9.36. The van der Waals surface area contributed by atoms with Crippen molar-refractivity contribution in [1.82, 2.24) is 4.98 Å². The van der Waals surface area contributed by atoms with Crippen molar-refractivity contribution in [2.75, 3.05) is 0 Å². The zero-order valence-electron chi connectivity index (χ0n) is 9.36. The molecule has 1 heterocycles. The molecular formula is C14H12N2. The topological polar surface area (TPSA) is 36.7 Å². The molecule has 0 saturated carbocycles. The van der Waals surface area contributed by atoms with Crippen molar-refractivity contribution in [3.63, 3.8) is 0 Å². The molecule has 0 bridgehead atoms. The van der Waals surface area contributed by atoms with Gasteiger partial charge in [-0.15, -0.1) is 0 Å². The number of nitrogens with zero attached hydrogens (tertiary/aromatic N) is 2. The molecule has 0 unspecified atom stereocenters. The quantitative estimate of drug-likeness (QED) is 0.721. The van der Waals surface area contributed by atoms with Gasteiger partial charge < -0.3 is 0 Å². The summed E-state index contributed by atoms with van der Waals surface area (Å²) >= 11 is 0. The maximum absolute atomic E-state index is 8.70. The molecule has 2 rings (SSSR count). The van der Waals surface area contributed by atoms with E-state index >= 15 is 0 Å². The Hall–Kier alpha value is -2.14. The van der Waals surface area contributed by atoms with Gasteiger partial charge >= 0.3 is 0 Å². The Kier molecular flexibility index (Phi) is 2.70. The monoisotopic (exact) mass is 208 g/mol. The third-order valence-corrected chi connectivity index (χ3v) is 2.41. The third-order valence-electron chi connectivity index (χ3n) is 2.41. The van der Waals surface area contributed by atoms with E-state index in [1.807, 2.05) is 6.07 Å². The molecule has 0 spiro atoms. The molecule has 16 heavy (non-hydrogen) atoms. The first kappa shape index (κ1) is 10.4. The highest BCUT2D eigenvalue weighted by atomic mass is 14.7. The maximum Gasteiger partial charge on any atom is 0.101 e. The van der Waals surface area contributed by atoms with Crippen LogP contribution in [0.2, 0.25) is 0 Å². The smallest absolute Gasteiger partial charge is 0.101 e. The molecule has 0 atom stereocenters. The van der Waals surface area contributed by atoms with Crippen LogP contribution < -0.4 is 0 Å². The Labute approximate surface area is 95.2 Å². The Morgan fingerprint density at radius 3 is 2.25 bits per heavy atom. The summed E-state index contributed by atoms with van der Waals surface area (Å²) in [7, 11) is 0. The summed E-state index contributed by atoms with van der Waals surface area (Å²) in [5, 5.41) is 8.70. The van der Waals surface area contributed by atoms with Crippen LogP contribution >= 0.6 is 0 Å². The van der Waals surface area contributed by atoms with E-state index in [1.54, 1.807) is 12.3 Å². The van der Waals surface area contributed by atoms with Crippen molar-refractivity contribution in [3.8, 4) is 17.3 Å². The number of aryl methyl sites for hydroxylation is 2. The standard InChI is InChI=1S/C14H12N2/c1-10-5-11(2)7-13(6-10)14-4-3-12(8-15)9-16-14/h3-7,9H,1-2H3. The van der Waals surface area contributed by atoms with Gasteiger partial charge in [0.05, 0.1) is 11.3 Å². The van der Waals surface area contributed by atoms with Crippen LogP contribution in [0.3, 0.4) is 0 Å². The van der Waals surface area contributed by atoms with Gasteiger partial charge in [0.15, 0.2) is 0 Å². The Morgan fingerprint density at radius 2 is 1.75 bits per heavy atom. The van der Waals surface area contributed by atoms with Gasteiger partial charge in [-0.3, -0.25) is 4.98 Å². The van der Waals surface area contributed by atoms with Crippen LogP contribution in [-0.4, -0.2) is 4.98 Å². The van der Waals surface area contributed by atoms with Crippen LogP contribution in [0.1, 0.15) is 16.7 Å². The van der Waals surface area contributed by atoms with Crippen LogP contribution in [0.15, 0.2) is 36.5 Å². The van der Waals surface area contributed by atoms with Gasteiger partial charge in [-0.25, -0.2) is 0 Å². The van der Waals surface area contributed by atoms with Crippen molar-refractivity contribution in [2.45, 2.75) is 13.8 Å². The highest BCUT2D eigenvalue weighted by molar-refractivity contribution is 5.61. The summed E-state index contributed by atoms with van der Waals surface area (Å²) in [6.07, 6.45) is 1.60. The lowest BCUT2D eigenvalue weighted by Crippen LogP contribution is -1.87. The highest BCUT2D eigenvalue weighted by Crippen LogP contribution is 2.20. The number of hydrogen-bond donors (Lipinski definition) is 0. The lowest BCUT2D eigenvalue weighted by molar-refractivity contribution is 1.28. The number of rotatable bonds is 1. The Bertz CT molecular complexity index is 528. The molecule has 2 aromatic rings. The fourth-order valence-corrected chi connectivity index (χ4v) is 1.75. The van der Waals surface area contributed by atoms with E-state index in [0.29, 0.717) is 5.56 Å². The minimum absolute atomic E-state index is 0.591. The Morgan fingerprint density at radius 1 is 1.06 bits per heavy atom. The molecule has 2 heteroatoms. The van der Waals surface area contributed by atoms with Crippen molar-refractivity contribution in [2.24, 2.45) is 0 Å². The number of pyridine rings is 1. The van der Waals surface area contributed by atoms with Gasteiger partial charge in [0.25, 0.3) is 0 Å². The fraction of sp³-hybridized carbons (Fsp3) is 0.143. The second-order valence-corrected chi connectivity index (χ2v) is 3.92. The first-order chi connectivity index (χ1) is 7.69. The predicted molar refractivity (Wildman–Crippen MR) is 63.9 cm³/mol. The third kappa shape index (κ3) is 2.09. The molecular weight excluding hydrogens is 196 g/mol. The summed E-state index contributed by atoms with van der Waals surface area (Å²) in [6, 6.07) is 12.1. The lowest BCUT2D eigenvalue weighted by atomic mass is 10.0. The van der Waals surface area contributed by atoms with Crippen LogP contribution in [0.25, 0.3) is 11.3 Å². The second-order valence-electron chi connectivity index (χ2n) is 3.92. The molecule has 0 aliphatic carbocycles. The van der Waals surface area contributed by atoms with Gasteiger partial charge in [0.2, 0.25) is 0 Å². The van der Waals surface area contributed by atoms with E-state index in [2.05, 4.69) is 43.1 Å². The number of nitriles is 1. The molecule has 0 amide bonds. The van der Waals surface area contributed by atoms with Gasteiger partial charge in [-0.1, -0.05) is 17.2 Å². The molecule has 0 aliphatic heterocycles. The molecule has 2 nitrogen and oxygen atoms in total. The summed E-state index contributed by atoms with van der Waals surface area (Å²) in [5.41, 5.74) is 5.04. The first-order valence-corrected chi connectivity index (χ1v) is 5.14. The number of hydrogen-bond acceptors (Lipinski definition) is 2. The molecule has 1 aromatic heterocycles. The van der Waals surface area contributed by atoms with Gasteiger partial charge in [0, 0.05) is 11.8 Å². The lowest BCUT2D eigenvalue weighted by Gasteiger charge is -2.04. The van der Waals surface area contributed by atoms with Crippen molar-refractivity contribution in [3.05, 3.63) is 53.2 Å². The van der Waals surface area contributed by atoms with Crippen molar-refractivity contribution >= 4 is 0 Å². The number of aromatic nitrogens is 1. The molecule has 0 fully saturated rings. The van der Waals surface area contributed by atoms with Gasteiger partial charge in [0.1, 0.15) is 6.07 Å². The predicted octanol–water partition coefficient (Wildman–Crippen LogP) is 3.24. The molecule has 0 N–H and O–H groups in total. The first-order valence-electron chi connectivity index (χ1n) is 5.14. The second kappa shape index (κ2) is 4.16. The maximum atomic E-state index is 8.70. The largest absolute Gasteiger partial charge is 0.255 e. The summed E-state index contributed by atoms with van der Waals surface area (Å²) in [5.74, 6) is 0. The van der Waals surface area contributed by atoms with Crippen LogP contribution in [-0.2, 0) is 0 Å². The molecule has 0 aliphatic rings. The molecule has 78 valence electrons. The summed E-state index contributed by atoms with van der Waals surface area (Å²) in [6.45, 7) is 4.14. The van der Waals surface area contributed by atoms with E-state index in [9.17, 15) is 0 Å². The fourth-order valence-electron chi connectivity index (χ4n) is 1.75. The van der Waals surface area contributed by atoms with Gasteiger partial charge in [-0.2, -0.15) is 5.26 Å². The zero-order chi connectivity index (χ0) is 11.5. The number of benzene rings is 1. The molecule has 0 radical (unpaired) electrons. The normalized spacial score (nSPS) is 9.81. The van der Waals surface area contributed by atoms with E-state index in [1.165, 1.54) is 11.1 Å². The Balaban J connectivity index is 2.47. The minimum Gasteiger partial charge on any atom is -0.255 e. The average Bonchev–Trinajstić information content (AvgIpc) is 2.28. The highest BCUT2D eigenvalue weighted by Gasteiger charge is 2.01. The van der Waals surface area contributed by atoms with Crippen molar-refractivity contribution < 1.29 is 0 Å². The van der Waals surface area contributed by atoms with Gasteiger partial charge in [-0.05, 0) is 38.1 Å².